The van der Waals surface area contributed by atoms with Crippen LogP contribution in [-0.4, -0.2) is 26.6 Å². The van der Waals surface area contributed by atoms with E-state index in [9.17, 15) is 8.42 Å². The second-order valence-electron chi connectivity index (χ2n) is 3.31. The first-order chi connectivity index (χ1) is 5.89. The van der Waals surface area contributed by atoms with Crippen molar-refractivity contribution < 1.29 is 12.6 Å². The number of rotatable bonds is 6. The summed E-state index contributed by atoms with van der Waals surface area (Å²) in [6, 6.07) is 0. The molecule has 0 aliphatic rings. The van der Waals surface area contributed by atoms with Gasteiger partial charge in [-0.2, -0.15) is 8.42 Å². The fourth-order valence-corrected chi connectivity index (χ4v) is 2.33. The Hall–Kier alpha value is 0.390. The fraction of sp³-hybridized carbons (Fsp3) is 1.00. The Labute approximate surface area is 89.1 Å². The number of alkyl halides is 1. The van der Waals surface area contributed by atoms with Crippen LogP contribution in [0.15, 0.2) is 0 Å². The quantitative estimate of drug-likeness (QED) is 0.550. The first-order valence-electron chi connectivity index (χ1n) is 4.29. The number of hydrogen-bond donors (Lipinski definition) is 0. The van der Waals surface area contributed by atoms with Crippen LogP contribution in [0.1, 0.15) is 26.7 Å². The maximum absolute atomic E-state index is 10.8. The molecule has 0 saturated heterocycles. The smallest absolute Gasteiger partial charge is 0.264 e. The second kappa shape index (κ2) is 5.32. The van der Waals surface area contributed by atoms with E-state index >= 15 is 0 Å². The van der Waals surface area contributed by atoms with Crippen LogP contribution in [0.3, 0.4) is 0 Å². The summed E-state index contributed by atoms with van der Waals surface area (Å²) in [5, 5.41) is 0.766. The predicted octanol–water partition coefficient (Wildman–Crippen LogP) is 2.16. The predicted molar refractivity (Wildman–Crippen MR) is 57.6 cm³/mol. The number of hydrogen-bond acceptors (Lipinski definition) is 3. The van der Waals surface area contributed by atoms with Crippen molar-refractivity contribution in [2.75, 3.05) is 18.2 Å². The molecule has 0 aromatic carbocycles. The van der Waals surface area contributed by atoms with E-state index < -0.39 is 10.1 Å². The van der Waals surface area contributed by atoms with E-state index in [4.69, 9.17) is 4.18 Å². The van der Waals surface area contributed by atoms with Crippen molar-refractivity contribution in [3.05, 3.63) is 0 Å². The Balaban J connectivity index is 4.27. The van der Waals surface area contributed by atoms with Crippen molar-refractivity contribution in [2.24, 2.45) is 5.41 Å². The van der Waals surface area contributed by atoms with Crippen molar-refractivity contribution in [3.8, 4) is 0 Å². The lowest BCUT2D eigenvalue weighted by Crippen LogP contribution is -2.28. The summed E-state index contributed by atoms with van der Waals surface area (Å²) in [4.78, 5) is 0. The van der Waals surface area contributed by atoms with Crippen molar-refractivity contribution in [2.45, 2.75) is 26.7 Å². The summed E-state index contributed by atoms with van der Waals surface area (Å²) in [5.41, 5.74) is -0.0525. The van der Waals surface area contributed by atoms with E-state index in [0.717, 1.165) is 24.4 Å². The summed E-state index contributed by atoms with van der Waals surface area (Å²) in [6.45, 7) is 4.34. The summed E-state index contributed by atoms with van der Waals surface area (Å²) in [6.07, 6.45) is 2.89. The summed E-state index contributed by atoms with van der Waals surface area (Å²) in [7, 11) is -3.31. The minimum atomic E-state index is -3.31. The van der Waals surface area contributed by atoms with Gasteiger partial charge in [0.25, 0.3) is 10.1 Å². The monoisotopic (exact) mass is 272 g/mol. The average molecular weight is 273 g/mol. The van der Waals surface area contributed by atoms with Crippen LogP contribution < -0.4 is 0 Å². The molecule has 5 heteroatoms. The molecule has 0 rings (SSSR count). The molecule has 0 aliphatic heterocycles. The van der Waals surface area contributed by atoms with Crippen molar-refractivity contribution in [1.29, 1.82) is 0 Å². The largest absolute Gasteiger partial charge is 0.270 e. The molecule has 0 bridgehead atoms. The molecule has 0 unspecified atom stereocenters. The topological polar surface area (TPSA) is 43.4 Å². The van der Waals surface area contributed by atoms with Crippen LogP contribution in [0.25, 0.3) is 0 Å². The molecule has 0 amide bonds. The molecule has 0 aromatic heterocycles. The zero-order chi connectivity index (χ0) is 10.5. The molecule has 0 radical (unpaired) electrons. The van der Waals surface area contributed by atoms with Gasteiger partial charge in [0.2, 0.25) is 0 Å². The molecule has 0 N–H and O–H groups in total. The third-order valence-corrected chi connectivity index (χ3v) is 4.10. The van der Waals surface area contributed by atoms with Crippen LogP contribution in [0.4, 0.5) is 0 Å². The molecular formula is C8H17BrO3S. The molecular weight excluding hydrogens is 256 g/mol. The first kappa shape index (κ1) is 13.4. The Morgan fingerprint density at radius 3 is 2.00 bits per heavy atom. The van der Waals surface area contributed by atoms with Crippen molar-refractivity contribution in [3.63, 3.8) is 0 Å². The molecule has 80 valence electrons. The summed E-state index contributed by atoms with van der Waals surface area (Å²) >= 11 is 3.39. The Morgan fingerprint density at radius 2 is 1.77 bits per heavy atom. The lowest BCUT2D eigenvalue weighted by Gasteiger charge is -2.28. The molecule has 0 atom stereocenters. The van der Waals surface area contributed by atoms with E-state index in [0.29, 0.717) is 0 Å². The van der Waals surface area contributed by atoms with Gasteiger partial charge in [-0.05, 0) is 12.8 Å². The van der Waals surface area contributed by atoms with Gasteiger partial charge in [-0.3, -0.25) is 4.18 Å². The number of halogens is 1. The molecule has 0 aromatic rings. The van der Waals surface area contributed by atoms with Crippen LogP contribution >= 0.6 is 15.9 Å². The lowest BCUT2D eigenvalue weighted by molar-refractivity contribution is 0.164. The van der Waals surface area contributed by atoms with Gasteiger partial charge < -0.3 is 0 Å². The highest BCUT2D eigenvalue weighted by molar-refractivity contribution is 9.09. The SMILES string of the molecule is CCC(CC)(CBr)COS(C)(=O)=O. The van der Waals surface area contributed by atoms with Gasteiger partial charge in [-0.15, -0.1) is 0 Å². The molecule has 0 spiro atoms. The zero-order valence-electron chi connectivity index (χ0n) is 8.34. The third-order valence-electron chi connectivity index (χ3n) is 2.36. The van der Waals surface area contributed by atoms with Crippen LogP contribution in [0, 0.1) is 5.41 Å². The Morgan fingerprint density at radius 1 is 1.31 bits per heavy atom. The lowest BCUT2D eigenvalue weighted by atomic mass is 9.86. The van der Waals surface area contributed by atoms with Crippen LogP contribution in [0.5, 0.6) is 0 Å². The van der Waals surface area contributed by atoms with E-state index in [2.05, 4.69) is 15.9 Å². The van der Waals surface area contributed by atoms with Gasteiger partial charge in [0.05, 0.1) is 12.9 Å². The maximum atomic E-state index is 10.8. The van der Waals surface area contributed by atoms with Gasteiger partial charge in [0, 0.05) is 10.7 Å². The normalized spacial score (nSPS) is 13.2. The van der Waals surface area contributed by atoms with E-state index in [1.807, 2.05) is 13.8 Å². The maximum Gasteiger partial charge on any atom is 0.264 e. The minimum Gasteiger partial charge on any atom is -0.270 e. The fourth-order valence-electron chi connectivity index (χ4n) is 0.914. The molecule has 13 heavy (non-hydrogen) atoms. The Bertz CT molecular complexity index is 224. The molecule has 0 saturated carbocycles. The summed E-state index contributed by atoms with van der Waals surface area (Å²) in [5.74, 6) is 0. The highest BCUT2D eigenvalue weighted by Crippen LogP contribution is 2.29. The van der Waals surface area contributed by atoms with Gasteiger partial charge in [0.1, 0.15) is 0 Å². The highest BCUT2D eigenvalue weighted by atomic mass is 79.9. The highest BCUT2D eigenvalue weighted by Gasteiger charge is 2.26. The van der Waals surface area contributed by atoms with E-state index in [1.165, 1.54) is 0 Å². The molecule has 0 heterocycles. The van der Waals surface area contributed by atoms with E-state index in [-0.39, 0.29) is 12.0 Å². The molecule has 0 fully saturated rings. The molecule has 0 aliphatic carbocycles. The second-order valence-corrected chi connectivity index (χ2v) is 5.51. The van der Waals surface area contributed by atoms with Crippen LogP contribution in [0.2, 0.25) is 0 Å². The van der Waals surface area contributed by atoms with Crippen molar-refractivity contribution in [1.82, 2.24) is 0 Å². The van der Waals surface area contributed by atoms with E-state index in [1.54, 1.807) is 0 Å². The summed E-state index contributed by atoms with van der Waals surface area (Å²) < 4.78 is 26.4. The van der Waals surface area contributed by atoms with Gasteiger partial charge >= 0.3 is 0 Å². The standard InChI is InChI=1S/C8H17BrO3S/c1-4-8(5-2,6-9)7-12-13(3,10)11/h4-7H2,1-3H3. The van der Waals surface area contributed by atoms with Gasteiger partial charge in [0.15, 0.2) is 0 Å². The van der Waals surface area contributed by atoms with Gasteiger partial charge in [-0.25, -0.2) is 0 Å². The third kappa shape index (κ3) is 4.98. The molecule has 3 nitrogen and oxygen atoms in total. The average Bonchev–Trinajstić information content (AvgIpc) is 2.06. The minimum absolute atomic E-state index is 0.0525. The van der Waals surface area contributed by atoms with Crippen LogP contribution in [-0.2, 0) is 14.3 Å². The zero-order valence-corrected chi connectivity index (χ0v) is 10.7. The first-order valence-corrected chi connectivity index (χ1v) is 7.23. The van der Waals surface area contributed by atoms with Gasteiger partial charge in [-0.1, -0.05) is 29.8 Å². The van der Waals surface area contributed by atoms with Crippen molar-refractivity contribution >= 4 is 26.0 Å². The Kier molecular flexibility index (Phi) is 5.47.